The van der Waals surface area contributed by atoms with E-state index in [2.05, 4.69) is 28.3 Å². The molecule has 0 radical (unpaired) electrons. The Kier molecular flexibility index (Phi) is 2.76. The summed E-state index contributed by atoms with van der Waals surface area (Å²) in [4.78, 5) is 10.6. The molecule has 4 heterocycles. The highest BCUT2D eigenvalue weighted by molar-refractivity contribution is 7.26. The molecule has 0 saturated carbocycles. The van der Waals surface area contributed by atoms with Gasteiger partial charge in [0.1, 0.15) is 4.83 Å². The number of fused-ring (bicyclic) bond motifs is 5. The highest BCUT2D eigenvalue weighted by Gasteiger charge is 2.17. The summed E-state index contributed by atoms with van der Waals surface area (Å²) < 4.78 is 3.15. The summed E-state index contributed by atoms with van der Waals surface area (Å²) >= 11 is 1.69. The molecule has 0 saturated heterocycles. The molecule has 4 aromatic heterocycles. The molecule has 24 heavy (non-hydrogen) atoms. The SMILES string of the molecule is Cc1ccc2c(n1)sc1c2nc(C)c2cnn(-c3ccccc3)c21. The van der Waals surface area contributed by atoms with Crippen molar-refractivity contribution in [1.82, 2.24) is 19.7 Å². The van der Waals surface area contributed by atoms with Crippen LogP contribution in [0.1, 0.15) is 11.4 Å². The summed E-state index contributed by atoms with van der Waals surface area (Å²) in [7, 11) is 0. The Labute approximate surface area is 142 Å². The Morgan fingerprint density at radius 3 is 2.58 bits per heavy atom. The van der Waals surface area contributed by atoms with Crippen LogP contribution in [0.15, 0.2) is 48.7 Å². The molecular formula is C19H14N4S. The number of thiophene rings is 1. The molecule has 1 aromatic carbocycles. The Morgan fingerprint density at radius 1 is 0.917 bits per heavy atom. The van der Waals surface area contributed by atoms with E-state index in [1.807, 2.05) is 49.0 Å². The number of hydrogen-bond donors (Lipinski definition) is 0. The maximum Gasteiger partial charge on any atom is 0.126 e. The first-order valence-corrected chi connectivity index (χ1v) is 8.63. The zero-order chi connectivity index (χ0) is 16.3. The smallest absolute Gasteiger partial charge is 0.126 e. The number of para-hydroxylation sites is 1. The van der Waals surface area contributed by atoms with E-state index in [1.54, 1.807) is 11.3 Å². The van der Waals surface area contributed by atoms with Gasteiger partial charge in [-0.25, -0.2) is 9.67 Å². The average Bonchev–Trinajstić information content (AvgIpc) is 3.17. The first-order valence-electron chi connectivity index (χ1n) is 7.82. The molecule has 5 rings (SSSR count). The molecule has 0 fully saturated rings. The monoisotopic (exact) mass is 330 g/mol. The Morgan fingerprint density at radius 2 is 1.75 bits per heavy atom. The van der Waals surface area contributed by atoms with Crippen molar-refractivity contribution in [2.45, 2.75) is 13.8 Å². The predicted molar refractivity (Wildman–Crippen MR) is 99.0 cm³/mol. The molecule has 0 bridgehead atoms. The topological polar surface area (TPSA) is 43.6 Å². The Bertz CT molecular complexity index is 1220. The molecular weight excluding hydrogens is 316 g/mol. The van der Waals surface area contributed by atoms with Gasteiger partial charge in [0, 0.05) is 22.2 Å². The quantitative estimate of drug-likeness (QED) is 0.443. The van der Waals surface area contributed by atoms with Gasteiger partial charge >= 0.3 is 0 Å². The highest BCUT2D eigenvalue weighted by Crippen LogP contribution is 2.37. The van der Waals surface area contributed by atoms with Crippen LogP contribution >= 0.6 is 11.3 Å². The summed E-state index contributed by atoms with van der Waals surface area (Å²) in [5.74, 6) is 0. The molecule has 0 N–H and O–H groups in total. The molecule has 0 spiro atoms. The molecule has 0 aliphatic rings. The van der Waals surface area contributed by atoms with Gasteiger partial charge in [0.2, 0.25) is 0 Å². The summed E-state index contributed by atoms with van der Waals surface area (Å²) in [6.07, 6.45) is 1.91. The molecule has 0 amide bonds. The van der Waals surface area contributed by atoms with Crippen LogP contribution in [-0.4, -0.2) is 19.7 Å². The second-order valence-corrected chi connectivity index (χ2v) is 6.94. The van der Waals surface area contributed by atoms with E-state index in [-0.39, 0.29) is 0 Å². The van der Waals surface area contributed by atoms with Gasteiger partial charge in [0.05, 0.1) is 27.6 Å². The zero-order valence-electron chi connectivity index (χ0n) is 13.3. The van der Waals surface area contributed by atoms with Crippen molar-refractivity contribution < 1.29 is 0 Å². The lowest BCUT2D eigenvalue weighted by Gasteiger charge is -2.05. The van der Waals surface area contributed by atoms with Gasteiger partial charge in [0.15, 0.2) is 0 Å². The maximum absolute atomic E-state index is 4.85. The van der Waals surface area contributed by atoms with Crippen LogP contribution in [-0.2, 0) is 0 Å². The van der Waals surface area contributed by atoms with E-state index >= 15 is 0 Å². The summed E-state index contributed by atoms with van der Waals surface area (Å²) in [5.41, 5.74) is 5.22. The van der Waals surface area contributed by atoms with Crippen LogP contribution in [0.4, 0.5) is 0 Å². The molecule has 0 aliphatic heterocycles. The fourth-order valence-electron chi connectivity index (χ4n) is 3.15. The van der Waals surface area contributed by atoms with Crippen molar-refractivity contribution in [2.24, 2.45) is 0 Å². The number of aryl methyl sites for hydroxylation is 2. The maximum atomic E-state index is 4.85. The van der Waals surface area contributed by atoms with Crippen molar-refractivity contribution in [3.05, 3.63) is 60.0 Å². The third kappa shape index (κ3) is 1.82. The number of pyridine rings is 2. The van der Waals surface area contributed by atoms with E-state index in [0.717, 1.165) is 48.4 Å². The fourth-order valence-corrected chi connectivity index (χ4v) is 4.36. The largest absolute Gasteiger partial charge is 0.251 e. The molecule has 0 atom stereocenters. The molecule has 5 aromatic rings. The molecule has 4 nitrogen and oxygen atoms in total. The van der Waals surface area contributed by atoms with Crippen molar-refractivity contribution in [2.75, 3.05) is 0 Å². The van der Waals surface area contributed by atoms with Gasteiger partial charge in [0.25, 0.3) is 0 Å². The van der Waals surface area contributed by atoms with E-state index < -0.39 is 0 Å². The number of rotatable bonds is 1. The number of hydrogen-bond acceptors (Lipinski definition) is 4. The first-order chi connectivity index (χ1) is 11.7. The second-order valence-electron chi connectivity index (χ2n) is 5.94. The van der Waals surface area contributed by atoms with Gasteiger partial charge in [-0.2, -0.15) is 5.10 Å². The number of aromatic nitrogens is 4. The van der Waals surface area contributed by atoms with E-state index in [9.17, 15) is 0 Å². The molecule has 116 valence electrons. The van der Waals surface area contributed by atoms with Gasteiger partial charge in [-0.15, -0.1) is 11.3 Å². The van der Waals surface area contributed by atoms with Crippen molar-refractivity contribution in [3.63, 3.8) is 0 Å². The molecule has 0 unspecified atom stereocenters. The fraction of sp³-hybridized carbons (Fsp3) is 0.105. The van der Waals surface area contributed by atoms with Crippen molar-refractivity contribution in [3.8, 4) is 5.69 Å². The summed E-state index contributed by atoms with van der Waals surface area (Å²) in [6, 6.07) is 14.4. The van der Waals surface area contributed by atoms with E-state index in [1.165, 1.54) is 0 Å². The van der Waals surface area contributed by atoms with Crippen LogP contribution in [0.3, 0.4) is 0 Å². The normalized spacial score (nSPS) is 11.8. The lowest BCUT2D eigenvalue weighted by atomic mass is 10.2. The number of benzene rings is 1. The second kappa shape index (κ2) is 4.85. The van der Waals surface area contributed by atoms with Gasteiger partial charge in [-0.1, -0.05) is 18.2 Å². The number of nitrogens with zero attached hydrogens (tertiary/aromatic N) is 4. The Balaban J connectivity index is 1.99. The standard InChI is InChI=1S/C19H14N4S/c1-11-8-9-14-16-18(24-19(14)21-11)17-15(12(2)22-16)10-20-23(17)13-6-4-3-5-7-13/h3-10H,1-2H3. The first kappa shape index (κ1) is 13.6. The minimum Gasteiger partial charge on any atom is -0.251 e. The Hall–Kier alpha value is -2.79. The van der Waals surface area contributed by atoms with Gasteiger partial charge in [-0.05, 0) is 38.1 Å². The third-order valence-electron chi connectivity index (χ3n) is 4.32. The van der Waals surface area contributed by atoms with Crippen LogP contribution < -0.4 is 0 Å². The lowest BCUT2D eigenvalue weighted by molar-refractivity contribution is 0.914. The van der Waals surface area contributed by atoms with Crippen LogP contribution in [0.25, 0.3) is 37.0 Å². The van der Waals surface area contributed by atoms with Gasteiger partial charge in [-0.3, -0.25) is 4.98 Å². The minimum atomic E-state index is 1.000. The van der Waals surface area contributed by atoms with Gasteiger partial charge < -0.3 is 0 Å². The predicted octanol–water partition coefficient (Wildman–Crippen LogP) is 4.80. The minimum absolute atomic E-state index is 1.000. The van der Waals surface area contributed by atoms with Crippen molar-refractivity contribution >= 4 is 42.7 Å². The lowest BCUT2D eigenvalue weighted by Crippen LogP contribution is -1.96. The van der Waals surface area contributed by atoms with Crippen LogP contribution in [0.5, 0.6) is 0 Å². The molecule has 5 heteroatoms. The third-order valence-corrected chi connectivity index (χ3v) is 5.42. The van der Waals surface area contributed by atoms with E-state index in [4.69, 9.17) is 4.98 Å². The molecule has 0 aliphatic carbocycles. The highest BCUT2D eigenvalue weighted by atomic mass is 32.1. The van der Waals surface area contributed by atoms with Crippen LogP contribution in [0.2, 0.25) is 0 Å². The summed E-state index contributed by atoms with van der Waals surface area (Å²) in [6.45, 7) is 4.07. The van der Waals surface area contributed by atoms with Crippen molar-refractivity contribution in [1.29, 1.82) is 0 Å². The zero-order valence-corrected chi connectivity index (χ0v) is 14.1. The van der Waals surface area contributed by atoms with E-state index in [0.29, 0.717) is 0 Å². The average molecular weight is 330 g/mol. The van der Waals surface area contributed by atoms with Crippen LogP contribution in [0, 0.1) is 13.8 Å². The summed E-state index contributed by atoms with van der Waals surface area (Å²) in [5, 5.41) is 6.84.